The Morgan fingerprint density at radius 3 is 2.58 bits per heavy atom. The van der Waals surface area contributed by atoms with Gasteiger partial charge in [0.25, 0.3) is 10.0 Å². The first kappa shape index (κ1) is 13.4. The monoisotopic (exact) mass is 280 g/mol. The van der Waals surface area contributed by atoms with Crippen molar-refractivity contribution in [2.45, 2.75) is 11.8 Å². The number of sulfonamides is 1. The molecule has 2 aromatic carbocycles. The minimum atomic E-state index is -3.85. The molecule has 2 rings (SSSR count). The molecule has 0 unspecified atom stereocenters. The lowest BCUT2D eigenvalue weighted by molar-refractivity contribution is 0.595. The Bertz CT molecular complexity index is 714. The maximum atomic E-state index is 13.1. The van der Waals surface area contributed by atoms with E-state index in [4.69, 9.17) is 5.73 Å². The van der Waals surface area contributed by atoms with E-state index in [1.165, 1.54) is 18.2 Å². The van der Waals surface area contributed by atoms with Gasteiger partial charge in [-0.15, -0.1) is 0 Å². The summed E-state index contributed by atoms with van der Waals surface area (Å²) in [4.78, 5) is -0.145. The summed E-state index contributed by atoms with van der Waals surface area (Å²) in [5.74, 6) is -0.611. The number of anilines is 2. The molecule has 19 heavy (non-hydrogen) atoms. The van der Waals surface area contributed by atoms with Crippen molar-refractivity contribution in [2.75, 3.05) is 10.5 Å². The van der Waals surface area contributed by atoms with Gasteiger partial charge in [-0.2, -0.15) is 0 Å². The third-order valence-electron chi connectivity index (χ3n) is 2.56. The summed E-state index contributed by atoms with van der Waals surface area (Å²) in [6.45, 7) is 1.82. The van der Waals surface area contributed by atoms with Crippen LogP contribution in [-0.2, 0) is 10.0 Å². The maximum Gasteiger partial charge on any atom is 0.262 e. The van der Waals surface area contributed by atoms with E-state index in [2.05, 4.69) is 4.72 Å². The van der Waals surface area contributed by atoms with E-state index < -0.39 is 15.8 Å². The van der Waals surface area contributed by atoms with Crippen molar-refractivity contribution in [3.8, 4) is 0 Å². The minimum Gasteiger partial charge on any atom is -0.397 e. The van der Waals surface area contributed by atoms with Gasteiger partial charge >= 0.3 is 0 Å². The van der Waals surface area contributed by atoms with Crippen molar-refractivity contribution < 1.29 is 12.8 Å². The van der Waals surface area contributed by atoms with Crippen LogP contribution in [0.3, 0.4) is 0 Å². The van der Waals surface area contributed by atoms with Crippen molar-refractivity contribution in [2.24, 2.45) is 0 Å². The molecule has 0 amide bonds. The van der Waals surface area contributed by atoms with Crippen LogP contribution in [0.4, 0.5) is 15.8 Å². The van der Waals surface area contributed by atoms with E-state index in [0.717, 1.165) is 11.6 Å². The Kier molecular flexibility index (Phi) is 3.44. The number of benzene rings is 2. The lowest BCUT2D eigenvalue weighted by atomic mass is 10.2. The molecule has 0 aliphatic rings. The maximum absolute atomic E-state index is 13.1. The fraction of sp³-hybridized carbons (Fsp3) is 0.0769. The molecule has 0 aliphatic heterocycles. The quantitative estimate of drug-likeness (QED) is 0.848. The number of aryl methyl sites for hydroxylation is 1. The van der Waals surface area contributed by atoms with Gasteiger partial charge in [0.2, 0.25) is 0 Å². The molecule has 4 nitrogen and oxygen atoms in total. The highest BCUT2D eigenvalue weighted by atomic mass is 32.2. The van der Waals surface area contributed by atoms with E-state index in [1.807, 2.05) is 6.92 Å². The van der Waals surface area contributed by atoms with Crippen LogP contribution in [0.15, 0.2) is 47.4 Å². The first-order valence-corrected chi connectivity index (χ1v) is 7.01. The minimum absolute atomic E-state index is 0.145. The van der Waals surface area contributed by atoms with Crippen molar-refractivity contribution in [3.05, 3.63) is 53.8 Å². The molecule has 2 aromatic rings. The summed E-state index contributed by atoms with van der Waals surface area (Å²) >= 11 is 0. The van der Waals surface area contributed by atoms with E-state index in [9.17, 15) is 12.8 Å². The summed E-state index contributed by atoms with van der Waals surface area (Å²) in [5, 5.41) is 0. The Labute approximate surface area is 111 Å². The van der Waals surface area contributed by atoms with Crippen LogP contribution in [0.1, 0.15) is 5.56 Å². The van der Waals surface area contributed by atoms with Crippen LogP contribution in [0.2, 0.25) is 0 Å². The molecule has 0 bridgehead atoms. The van der Waals surface area contributed by atoms with E-state index in [-0.39, 0.29) is 10.6 Å². The molecule has 0 saturated heterocycles. The zero-order chi connectivity index (χ0) is 14.0. The molecule has 0 aliphatic carbocycles. The number of nitrogens with one attached hydrogen (secondary N) is 1. The van der Waals surface area contributed by atoms with Crippen molar-refractivity contribution in [1.82, 2.24) is 0 Å². The smallest absolute Gasteiger partial charge is 0.262 e. The second kappa shape index (κ2) is 4.89. The summed E-state index contributed by atoms with van der Waals surface area (Å²) < 4.78 is 39.6. The van der Waals surface area contributed by atoms with Gasteiger partial charge in [-0.25, -0.2) is 12.8 Å². The predicted molar refractivity (Wildman–Crippen MR) is 72.8 cm³/mol. The van der Waals surface area contributed by atoms with Crippen LogP contribution in [0.5, 0.6) is 0 Å². The number of rotatable bonds is 3. The van der Waals surface area contributed by atoms with Gasteiger partial charge in [0, 0.05) is 0 Å². The highest BCUT2D eigenvalue weighted by molar-refractivity contribution is 7.92. The molecule has 3 N–H and O–H groups in total. The molecule has 100 valence electrons. The van der Waals surface area contributed by atoms with Gasteiger partial charge in [0.1, 0.15) is 5.82 Å². The zero-order valence-electron chi connectivity index (χ0n) is 10.2. The SMILES string of the molecule is Cc1ccc(N)c(NS(=O)(=O)c2cccc(F)c2)c1. The van der Waals surface area contributed by atoms with Crippen LogP contribution >= 0.6 is 0 Å². The summed E-state index contributed by atoms with van der Waals surface area (Å²) in [5.41, 5.74) is 7.16. The zero-order valence-corrected chi connectivity index (χ0v) is 11.0. The van der Waals surface area contributed by atoms with Gasteiger partial charge < -0.3 is 5.73 Å². The Morgan fingerprint density at radius 2 is 1.89 bits per heavy atom. The number of nitrogen functional groups attached to an aromatic ring is 1. The fourth-order valence-electron chi connectivity index (χ4n) is 1.60. The van der Waals surface area contributed by atoms with Gasteiger partial charge in [0.05, 0.1) is 16.3 Å². The van der Waals surface area contributed by atoms with Crippen LogP contribution < -0.4 is 10.5 Å². The Hall–Kier alpha value is -2.08. The molecule has 0 spiro atoms. The molecular formula is C13H13FN2O2S. The second-order valence-corrected chi connectivity index (χ2v) is 5.84. The van der Waals surface area contributed by atoms with E-state index in [1.54, 1.807) is 18.2 Å². The van der Waals surface area contributed by atoms with Gasteiger partial charge in [-0.3, -0.25) is 4.72 Å². The number of nitrogens with two attached hydrogens (primary N) is 1. The third kappa shape index (κ3) is 3.03. The molecule has 0 fully saturated rings. The van der Waals surface area contributed by atoms with Crippen molar-refractivity contribution in [1.29, 1.82) is 0 Å². The average Bonchev–Trinajstić information content (AvgIpc) is 2.33. The largest absolute Gasteiger partial charge is 0.397 e. The van der Waals surface area contributed by atoms with Crippen molar-refractivity contribution in [3.63, 3.8) is 0 Å². The van der Waals surface area contributed by atoms with Gasteiger partial charge in [-0.05, 0) is 42.8 Å². The van der Waals surface area contributed by atoms with Crippen LogP contribution in [0.25, 0.3) is 0 Å². The average molecular weight is 280 g/mol. The van der Waals surface area contributed by atoms with Crippen LogP contribution in [-0.4, -0.2) is 8.42 Å². The van der Waals surface area contributed by atoms with Crippen LogP contribution in [0, 0.1) is 12.7 Å². The van der Waals surface area contributed by atoms with Crippen molar-refractivity contribution >= 4 is 21.4 Å². The highest BCUT2D eigenvalue weighted by Gasteiger charge is 2.16. The molecular weight excluding hydrogens is 267 g/mol. The lowest BCUT2D eigenvalue weighted by Crippen LogP contribution is -2.14. The summed E-state index contributed by atoms with van der Waals surface area (Å²) in [7, 11) is -3.85. The lowest BCUT2D eigenvalue weighted by Gasteiger charge is -2.11. The fourth-order valence-corrected chi connectivity index (χ4v) is 2.71. The molecule has 0 radical (unpaired) electrons. The van der Waals surface area contributed by atoms with Gasteiger partial charge in [-0.1, -0.05) is 12.1 Å². The predicted octanol–water partition coefficient (Wildman–Crippen LogP) is 2.52. The third-order valence-corrected chi connectivity index (χ3v) is 3.92. The molecule has 0 atom stereocenters. The Balaban J connectivity index is 2.39. The number of hydrogen-bond donors (Lipinski definition) is 2. The summed E-state index contributed by atoms with van der Waals surface area (Å²) in [6.07, 6.45) is 0. The molecule has 6 heteroatoms. The topological polar surface area (TPSA) is 72.2 Å². The molecule has 0 aromatic heterocycles. The standard InChI is InChI=1S/C13H13FN2O2S/c1-9-5-6-12(15)13(7-9)16-19(17,18)11-4-2-3-10(14)8-11/h2-8,16H,15H2,1H3. The Morgan fingerprint density at radius 1 is 1.16 bits per heavy atom. The first-order valence-electron chi connectivity index (χ1n) is 5.53. The van der Waals surface area contributed by atoms with E-state index in [0.29, 0.717) is 5.69 Å². The first-order chi connectivity index (χ1) is 8.88. The van der Waals surface area contributed by atoms with E-state index >= 15 is 0 Å². The second-order valence-electron chi connectivity index (χ2n) is 4.15. The summed E-state index contributed by atoms with van der Waals surface area (Å²) in [6, 6.07) is 9.79. The number of halogens is 1. The molecule has 0 saturated carbocycles. The number of hydrogen-bond acceptors (Lipinski definition) is 3. The normalized spacial score (nSPS) is 11.3. The highest BCUT2D eigenvalue weighted by Crippen LogP contribution is 2.23. The molecule has 0 heterocycles. The van der Waals surface area contributed by atoms with Gasteiger partial charge in [0.15, 0.2) is 0 Å².